The number of amides is 1. The number of benzene rings is 1. The number of anilines is 1. The molecule has 27 heavy (non-hydrogen) atoms. The lowest BCUT2D eigenvalue weighted by Crippen LogP contribution is -2.34. The van der Waals surface area contributed by atoms with E-state index in [1.807, 2.05) is 0 Å². The average Bonchev–Trinajstić information content (AvgIpc) is 2.58. The molecule has 0 aliphatic rings. The predicted molar refractivity (Wildman–Crippen MR) is 98.2 cm³/mol. The first-order valence-electron chi connectivity index (χ1n) is 7.56. The Morgan fingerprint density at radius 1 is 1.33 bits per heavy atom. The second-order valence-electron chi connectivity index (χ2n) is 5.34. The molecule has 0 saturated carbocycles. The van der Waals surface area contributed by atoms with Gasteiger partial charge in [-0.05, 0) is 32.0 Å². The van der Waals surface area contributed by atoms with Crippen LogP contribution in [0.4, 0.5) is 11.5 Å². The zero-order chi connectivity index (χ0) is 20.0. The van der Waals surface area contributed by atoms with Crippen LogP contribution in [-0.2, 0) is 4.79 Å². The molecule has 0 radical (unpaired) electrons. The zero-order valence-electron chi connectivity index (χ0n) is 14.2. The normalized spacial score (nSPS) is 10.4. The third-order valence-electron chi connectivity index (χ3n) is 2.89. The SMILES string of the molecule is CC(C)Oc1ncnc(NNC(=O)COc2ccc(Cl)cc2Cl)c1[N+](=O)[O-]. The second kappa shape index (κ2) is 9.19. The Morgan fingerprint density at radius 2 is 2.07 bits per heavy atom. The van der Waals surface area contributed by atoms with Gasteiger partial charge in [0, 0.05) is 5.02 Å². The zero-order valence-corrected chi connectivity index (χ0v) is 15.7. The molecule has 1 aromatic heterocycles. The summed E-state index contributed by atoms with van der Waals surface area (Å²) in [5.41, 5.74) is 4.10. The Morgan fingerprint density at radius 3 is 2.70 bits per heavy atom. The van der Waals surface area contributed by atoms with Crippen LogP contribution in [0.15, 0.2) is 24.5 Å². The molecule has 0 spiro atoms. The van der Waals surface area contributed by atoms with Crippen molar-refractivity contribution in [3.63, 3.8) is 0 Å². The van der Waals surface area contributed by atoms with Crippen molar-refractivity contribution in [1.82, 2.24) is 15.4 Å². The van der Waals surface area contributed by atoms with Crippen molar-refractivity contribution in [3.8, 4) is 11.6 Å². The fraction of sp³-hybridized carbons (Fsp3) is 0.267. The minimum atomic E-state index is -0.712. The number of carbonyl (C=O) groups is 1. The fourth-order valence-corrected chi connectivity index (χ4v) is 2.29. The molecule has 1 amide bonds. The number of nitrogens with one attached hydrogen (secondary N) is 2. The van der Waals surface area contributed by atoms with Gasteiger partial charge < -0.3 is 9.47 Å². The first-order valence-corrected chi connectivity index (χ1v) is 8.32. The van der Waals surface area contributed by atoms with Gasteiger partial charge in [0.15, 0.2) is 6.61 Å². The summed E-state index contributed by atoms with van der Waals surface area (Å²) in [6.07, 6.45) is 0.738. The number of nitrogens with zero attached hydrogens (tertiary/aromatic N) is 3. The summed E-state index contributed by atoms with van der Waals surface area (Å²) in [4.78, 5) is 30.0. The number of hydrogen-bond acceptors (Lipinski definition) is 8. The van der Waals surface area contributed by atoms with Gasteiger partial charge in [0.05, 0.1) is 16.0 Å². The first-order chi connectivity index (χ1) is 12.8. The van der Waals surface area contributed by atoms with Gasteiger partial charge in [-0.3, -0.25) is 25.8 Å². The summed E-state index contributed by atoms with van der Waals surface area (Å²) >= 11 is 11.7. The van der Waals surface area contributed by atoms with Crippen LogP contribution < -0.4 is 20.3 Å². The molecule has 2 rings (SSSR count). The van der Waals surface area contributed by atoms with Crippen LogP contribution in [0.3, 0.4) is 0 Å². The first kappa shape index (κ1) is 20.5. The van der Waals surface area contributed by atoms with E-state index in [4.69, 9.17) is 32.7 Å². The molecular formula is C15H15Cl2N5O5. The summed E-state index contributed by atoms with van der Waals surface area (Å²) in [7, 11) is 0. The Kier molecular flexibility index (Phi) is 6.97. The average molecular weight is 416 g/mol. The van der Waals surface area contributed by atoms with E-state index in [9.17, 15) is 14.9 Å². The van der Waals surface area contributed by atoms with E-state index in [0.29, 0.717) is 5.02 Å². The van der Waals surface area contributed by atoms with Crippen LogP contribution in [-0.4, -0.2) is 33.5 Å². The molecule has 144 valence electrons. The summed E-state index contributed by atoms with van der Waals surface area (Å²) in [6, 6.07) is 4.53. The number of hydrogen-bond donors (Lipinski definition) is 2. The molecule has 0 aliphatic carbocycles. The van der Waals surface area contributed by atoms with Gasteiger partial charge in [-0.15, -0.1) is 0 Å². The molecule has 12 heteroatoms. The van der Waals surface area contributed by atoms with Crippen molar-refractivity contribution >= 4 is 40.6 Å². The maximum atomic E-state index is 11.9. The third-order valence-corrected chi connectivity index (χ3v) is 3.42. The molecule has 2 N–H and O–H groups in total. The summed E-state index contributed by atoms with van der Waals surface area (Å²) in [5.74, 6) is -0.813. The lowest BCUT2D eigenvalue weighted by molar-refractivity contribution is -0.385. The van der Waals surface area contributed by atoms with Gasteiger partial charge in [0.25, 0.3) is 11.8 Å². The van der Waals surface area contributed by atoms with Gasteiger partial charge >= 0.3 is 5.69 Å². The quantitative estimate of drug-likeness (QED) is 0.497. The van der Waals surface area contributed by atoms with Crippen molar-refractivity contribution in [1.29, 1.82) is 0 Å². The molecule has 0 saturated heterocycles. The highest BCUT2D eigenvalue weighted by atomic mass is 35.5. The molecular weight excluding hydrogens is 401 g/mol. The largest absolute Gasteiger partial charge is 0.482 e. The second-order valence-corrected chi connectivity index (χ2v) is 6.18. The van der Waals surface area contributed by atoms with Gasteiger partial charge in [-0.1, -0.05) is 23.2 Å². The number of nitro groups is 1. The maximum Gasteiger partial charge on any atom is 0.374 e. The summed E-state index contributed by atoms with van der Waals surface area (Å²) in [5, 5.41) is 12.0. The molecule has 0 atom stereocenters. The van der Waals surface area contributed by atoms with Crippen LogP contribution in [0.2, 0.25) is 10.0 Å². The van der Waals surface area contributed by atoms with E-state index in [2.05, 4.69) is 20.8 Å². The van der Waals surface area contributed by atoms with Gasteiger partial charge in [0.2, 0.25) is 5.82 Å². The molecule has 2 aromatic rings. The van der Waals surface area contributed by atoms with Crippen LogP contribution in [0.25, 0.3) is 0 Å². The van der Waals surface area contributed by atoms with Gasteiger partial charge in [0.1, 0.15) is 12.1 Å². The topological polar surface area (TPSA) is 129 Å². The van der Waals surface area contributed by atoms with Crippen molar-refractivity contribution in [2.24, 2.45) is 0 Å². The Balaban J connectivity index is 2.01. The summed E-state index contributed by atoms with van der Waals surface area (Å²) in [6.45, 7) is 2.99. The molecule has 0 unspecified atom stereocenters. The number of carbonyl (C=O) groups excluding carboxylic acids is 1. The molecule has 1 heterocycles. The van der Waals surface area contributed by atoms with E-state index in [1.54, 1.807) is 19.9 Å². The van der Waals surface area contributed by atoms with E-state index in [0.717, 1.165) is 6.33 Å². The van der Waals surface area contributed by atoms with Gasteiger partial charge in [-0.2, -0.15) is 4.98 Å². The highest BCUT2D eigenvalue weighted by Gasteiger charge is 2.25. The Hall–Kier alpha value is -2.85. The number of rotatable bonds is 8. The van der Waals surface area contributed by atoms with Crippen LogP contribution in [0.1, 0.15) is 13.8 Å². The van der Waals surface area contributed by atoms with Crippen molar-refractivity contribution in [2.75, 3.05) is 12.0 Å². The van der Waals surface area contributed by atoms with E-state index in [-0.39, 0.29) is 28.6 Å². The molecule has 0 fully saturated rings. The number of hydrazine groups is 1. The molecule has 0 aliphatic heterocycles. The Labute approximate surface area is 163 Å². The maximum absolute atomic E-state index is 11.9. The number of ether oxygens (including phenoxy) is 2. The lowest BCUT2D eigenvalue weighted by atomic mass is 10.3. The van der Waals surface area contributed by atoms with Crippen molar-refractivity contribution in [2.45, 2.75) is 20.0 Å². The van der Waals surface area contributed by atoms with Crippen LogP contribution in [0.5, 0.6) is 11.6 Å². The van der Waals surface area contributed by atoms with E-state index in [1.165, 1.54) is 12.1 Å². The molecule has 0 bridgehead atoms. The van der Waals surface area contributed by atoms with Crippen molar-refractivity contribution < 1.29 is 19.2 Å². The highest BCUT2D eigenvalue weighted by Crippen LogP contribution is 2.31. The van der Waals surface area contributed by atoms with Gasteiger partial charge in [-0.25, -0.2) is 4.98 Å². The number of halogens is 2. The number of aromatic nitrogens is 2. The predicted octanol–water partition coefficient (Wildman–Crippen LogP) is 3.00. The van der Waals surface area contributed by atoms with E-state index < -0.39 is 23.1 Å². The standard InChI is InChI=1S/C15H15Cl2N5O5/c1-8(2)27-15-13(22(24)25)14(18-7-19-15)21-20-12(23)6-26-11-4-3-9(16)5-10(11)17/h3-5,7-8H,6H2,1-2H3,(H,20,23)(H,18,19,21). The third kappa shape index (κ3) is 5.83. The van der Waals surface area contributed by atoms with Crippen molar-refractivity contribution in [3.05, 3.63) is 44.7 Å². The summed E-state index contributed by atoms with van der Waals surface area (Å²) < 4.78 is 10.5. The Bertz CT molecular complexity index is 849. The smallest absolute Gasteiger partial charge is 0.374 e. The monoisotopic (exact) mass is 415 g/mol. The minimum Gasteiger partial charge on any atom is -0.482 e. The van der Waals surface area contributed by atoms with Crippen LogP contribution >= 0.6 is 23.2 Å². The fourth-order valence-electron chi connectivity index (χ4n) is 1.83. The lowest BCUT2D eigenvalue weighted by Gasteiger charge is -2.12. The van der Waals surface area contributed by atoms with E-state index >= 15 is 0 Å². The molecule has 10 nitrogen and oxygen atoms in total. The van der Waals surface area contributed by atoms with Crippen LogP contribution in [0, 0.1) is 10.1 Å². The highest BCUT2D eigenvalue weighted by molar-refractivity contribution is 6.35. The molecule has 1 aromatic carbocycles. The minimum absolute atomic E-state index is 0.217.